The molecule has 0 aromatic rings. The topological polar surface area (TPSA) is 83.5 Å². The van der Waals surface area contributed by atoms with Crippen LogP contribution in [0.3, 0.4) is 0 Å². The fourth-order valence-corrected chi connectivity index (χ4v) is 4.44. The summed E-state index contributed by atoms with van der Waals surface area (Å²) in [6, 6.07) is 0. The van der Waals surface area contributed by atoms with Gasteiger partial charge in [0.1, 0.15) is 11.3 Å². The quantitative estimate of drug-likeness (QED) is 0.814. The molecular formula is C18H25NO4. The summed E-state index contributed by atoms with van der Waals surface area (Å²) in [6.07, 6.45) is 6.23. The predicted octanol–water partition coefficient (Wildman–Crippen LogP) is 2.31. The second-order valence-electron chi connectivity index (χ2n) is 7.28. The Balaban J connectivity index is 1.82. The Kier molecular flexibility index (Phi) is 4.07. The number of ketones is 1. The van der Waals surface area contributed by atoms with Gasteiger partial charge in [-0.15, -0.1) is 0 Å². The summed E-state index contributed by atoms with van der Waals surface area (Å²) in [5, 5.41) is 12.3. The number of carbonyl (C=O) groups excluding carboxylic acids is 2. The molecule has 5 atom stereocenters. The van der Waals surface area contributed by atoms with Crippen LogP contribution in [0, 0.1) is 23.7 Å². The Morgan fingerprint density at radius 2 is 2.04 bits per heavy atom. The van der Waals surface area contributed by atoms with Crippen molar-refractivity contribution in [1.29, 1.82) is 0 Å². The molecule has 1 amide bonds. The lowest BCUT2D eigenvalue weighted by molar-refractivity contribution is -0.143. The number of allylic oxidation sites excluding steroid dienone is 1. The standard InChI is InChI=1S/C18H25NO4/c1-3-10-7-13-12(5-6-15(13)20)14(8-10)16(21)19-18(17(22)23)9-11(18)4-2/h8,10-13H,3-7,9H2,1-2H3,(H,19,21)(H,22,23)/t10-,11+,12+,13+,18+/m1/s1. The van der Waals surface area contributed by atoms with Crippen molar-refractivity contribution in [3.8, 4) is 0 Å². The van der Waals surface area contributed by atoms with Crippen LogP contribution in [0.1, 0.15) is 52.4 Å². The Hall–Kier alpha value is -1.65. The van der Waals surface area contributed by atoms with Crippen LogP contribution in [-0.4, -0.2) is 28.3 Å². The van der Waals surface area contributed by atoms with Gasteiger partial charge in [-0.2, -0.15) is 0 Å². The number of hydrogen-bond acceptors (Lipinski definition) is 3. The van der Waals surface area contributed by atoms with E-state index in [1.807, 2.05) is 13.0 Å². The van der Waals surface area contributed by atoms with Crippen LogP contribution in [0.4, 0.5) is 0 Å². The average Bonchev–Trinajstić information content (AvgIpc) is 3.14. The predicted molar refractivity (Wildman–Crippen MR) is 84.6 cm³/mol. The zero-order valence-corrected chi connectivity index (χ0v) is 13.8. The van der Waals surface area contributed by atoms with Crippen LogP contribution >= 0.6 is 0 Å². The second kappa shape index (κ2) is 5.77. The van der Waals surface area contributed by atoms with E-state index in [1.165, 1.54) is 0 Å². The van der Waals surface area contributed by atoms with E-state index in [0.29, 0.717) is 18.4 Å². The van der Waals surface area contributed by atoms with Gasteiger partial charge in [0.05, 0.1) is 0 Å². The summed E-state index contributed by atoms with van der Waals surface area (Å²) in [5.74, 6) is -0.774. The first kappa shape index (κ1) is 16.2. The molecule has 5 nitrogen and oxygen atoms in total. The molecule has 23 heavy (non-hydrogen) atoms. The molecule has 5 heteroatoms. The van der Waals surface area contributed by atoms with Crippen molar-refractivity contribution < 1.29 is 19.5 Å². The molecule has 0 aliphatic heterocycles. The highest BCUT2D eigenvalue weighted by Crippen LogP contribution is 2.48. The number of hydrogen-bond donors (Lipinski definition) is 2. The fourth-order valence-electron chi connectivity index (χ4n) is 4.44. The molecule has 0 aromatic heterocycles. The third kappa shape index (κ3) is 2.60. The van der Waals surface area contributed by atoms with E-state index >= 15 is 0 Å². The van der Waals surface area contributed by atoms with Crippen molar-refractivity contribution in [3.63, 3.8) is 0 Å². The highest BCUT2D eigenvalue weighted by Gasteiger charge is 2.61. The molecule has 3 rings (SSSR count). The summed E-state index contributed by atoms with van der Waals surface area (Å²) in [5.41, 5.74) is -0.439. The van der Waals surface area contributed by atoms with Crippen molar-refractivity contribution in [2.75, 3.05) is 0 Å². The average molecular weight is 319 g/mol. The maximum Gasteiger partial charge on any atom is 0.329 e. The molecule has 0 bridgehead atoms. The SMILES string of the molecule is CC[C@H]1C=C(C(=O)N[C@@]2(C(=O)O)C[C@@H]2CC)[C@H]2CCC(=O)[C@H]2C1. The van der Waals surface area contributed by atoms with E-state index in [9.17, 15) is 19.5 Å². The van der Waals surface area contributed by atoms with Crippen molar-refractivity contribution in [3.05, 3.63) is 11.6 Å². The van der Waals surface area contributed by atoms with Crippen molar-refractivity contribution in [2.24, 2.45) is 23.7 Å². The van der Waals surface area contributed by atoms with E-state index in [1.54, 1.807) is 0 Å². The van der Waals surface area contributed by atoms with E-state index in [0.717, 1.165) is 25.7 Å². The van der Waals surface area contributed by atoms with Crippen LogP contribution in [-0.2, 0) is 14.4 Å². The molecule has 0 saturated heterocycles. The first-order valence-corrected chi connectivity index (χ1v) is 8.73. The first-order chi connectivity index (χ1) is 10.9. The van der Waals surface area contributed by atoms with Crippen LogP contribution in [0.25, 0.3) is 0 Å². The Morgan fingerprint density at radius 1 is 1.30 bits per heavy atom. The molecule has 0 unspecified atom stereocenters. The maximum absolute atomic E-state index is 12.8. The summed E-state index contributed by atoms with van der Waals surface area (Å²) < 4.78 is 0. The van der Waals surface area contributed by atoms with E-state index < -0.39 is 11.5 Å². The number of rotatable bonds is 5. The first-order valence-electron chi connectivity index (χ1n) is 8.73. The van der Waals surface area contributed by atoms with Crippen LogP contribution < -0.4 is 5.32 Å². The van der Waals surface area contributed by atoms with E-state index in [2.05, 4.69) is 12.2 Å². The Morgan fingerprint density at radius 3 is 2.61 bits per heavy atom. The second-order valence-corrected chi connectivity index (χ2v) is 7.28. The highest BCUT2D eigenvalue weighted by atomic mass is 16.4. The van der Waals surface area contributed by atoms with Crippen LogP contribution in [0.15, 0.2) is 11.6 Å². The number of fused-ring (bicyclic) bond motifs is 1. The van der Waals surface area contributed by atoms with Gasteiger partial charge in [0, 0.05) is 17.9 Å². The number of amides is 1. The lowest BCUT2D eigenvalue weighted by atomic mass is 9.74. The van der Waals surface area contributed by atoms with Crippen molar-refractivity contribution in [2.45, 2.75) is 57.9 Å². The third-order valence-corrected chi connectivity index (χ3v) is 6.08. The lowest BCUT2D eigenvalue weighted by Gasteiger charge is -2.30. The Bertz CT molecular complexity index is 582. The van der Waals surface area contributed by atoms with Gasteiger partial charge in [-0.3, -0.25) is 9.59 Å². The van der Waals surface area contributed by atoms with Crippen molar-refractivity contribution >= 4 is 17.7 Å². The zero-order chi connectivity index (χ0) is 16.8. The normalized spacial score (nSPS) is 38.7. The largest absolute Gasteiger partial charge is 0.479 e. The van der Waals surface area contributed by atoms with Gasteiger partial charge in [-0.05, 0) is 43.4 Å². The highest BCUT2D eigenvalue weighted by molar-refractivity contribution is 6.00. The number of Topliss-reactive ketones (excluding diaryl/α,β-unsaturated/α-hetero) is 1. The molecular weight excluding hydrogens is 294 g/mol. The molecule has 0 aromatic carbocycles. The molecule has 3 aliphatic rings. The van der Waals surface area contributed by atoms with Gasteiger partial charge in [0.15, 0.2) is 0 Å². The maximum atomic E-state index is 12.8. The molecule has 126 valence electrons. The Labute approximate surface area is 136 Å². The smallest absolute Gasteiger partial charge is 0.329 e. The number of carboxylic acid groups (broad SMARTS) is 1. The van der Waals surface area contributed by atoms with Gasteiger partial charge in [0.2, 0.25) is 5.91 Å². The molecule has 2 saturated carbocycles. The fraction of sp³-hybridized carbons (Fsp3) is 0.722. The molecule has 2 N–H and O–H groups in total. The summed E-state index contributed by atoms with van der Waals surface area (Å²) in [4.78, 5) is 36.4. The molecule has 0 heterocycles. The van der Waals surface area contributed by atoms with Gasteiger partial charge in [0.25, 0.3) is 0 Å². The number of nitrogens with one attached hydrogen (secondary N) is 1. The molecule has 2 fully saturated rings. The van der Waals surface area contributed by atoms with Gasteiger partial charge >= 0.3 is 5.97 Å². The molecule has 0 radical (unpaired) electrons. The van der Waals surface area contributed by atoms with Crippen LogP contribution in [0.2, 0.25) is 0 Å². The van der Waals surface area contributed by atoms with Crippen LogP contribution in [0.5, 0.6) is 0 Å². The third-order valence-electron chi connectivity index (χ3n) is 6.08. The minimum Gasteiger partial charge on any atom is -0.479 e. The summed E-state index contributed by atoms with van der Waals surface area (Å²) >= 11 is 0. The molecule has 3 aliphatic carbocycles. The number of carboxylic acids is 1. The number of carbonyl (C=O) groups is 3. The zero-order valence-electron chi connectivity index (χ0n) is 13.8. The van der Waals surface area contributed by atoms with E-state index in [4.69, 9.17) is 0 Å². The lowest BCUT2D eigenvalue weighted by Crippen LogP contribution is -2.47. The summed E-state index contributed by atoms with van der Waals surface area (Å²) in [6.45, 7) is 4.00. The minimum absolute atomic E-state index is 0.0103. The van der Waals surface area contributed by atoms with Gasteiger partial charge in [-0.25, -0.2) is 4.79 Å². The van der Waals surface area contributed by atoms with E-state index in [-0.39, 0.29) is 35.4 Å². The van der Waals surface area contributed by atoms with Gasteiger partial charge < -0.3 is 10.4 Å². The molecule has 0 spiro atoms. The summed E-state index contributed by atoms with van der Waals surface area (Å²) in [7, 11) is 0. The minimum atomic E-state index is -1.09. The van der Waals surface area contributed by atoms with Crippen molar-refractivity contribution in [1.82, 2.24) is 5.32 Å². The monoisotopic (exact) mass is 319 g/mol. The number of aliphatic carboxylic acids is 1. The van der Waals surface area contributed by atoms with Gasteiger partial charge in [-0.1, -0.05) is 26.3 Å².